The van der Waals surface area contributed by atoms with Crippen LogP contribution in [0.5, 0.6) is 0 Å². The summed E-state index contributed by atoms with van der Waals surface area (Å²) in [5, 5.41) is 0.481. The second kappa shape index (κ2) is 5.05. The van der Waals surface area contributed by atoms with Crippen LogP contribution >= 0.6 is 11.6 Å². The standard InChI is InChI=1S/C13H17ClN2O/c1-9(2)10-6-13(17)16(7-10)8-11-4-3-5-12(14)15-11/h3-5,9-10H,6-8H2,1-2H3. The van der Waals surface area contributed by atoms with E-state index in [-0.39, 0.29) is 5.91 Å². The van der Waals surface area contributed by atoms with Crippen LogP contribution in [0, 0.1) is 11.8 Å². The number of pyridine rings is 1. The monoisotopic (exact) mass is 252 g/mol. The lowest BCUT2D eigenvalue weighted by atomic mass is 9.95. The SMILES string of the molecule is CC(C)C1CC(=O)N(Cc2cccc(Cl)n2)C1. The molecule has 1 unspecified atom stereocenters. The summed E-state index contributed by atoms with van der Waals surface area (Å²) in [4.78, 5) is 17.9. The highest BCUT2D eigenvalue weighted by atomic mass is 35.5. The molecule has 1 amide bonds. The van der Waals surface area contributed by atoms with Crippen LogP contribution < -0.4 is 0 Å². The largest absolute Gasteiger partial charge is 0.336 e. The molecule has 1 aliphatic rings. The predicted molar refractivity (Wildman–Crippen MR) is 67.6 cm³/mol. The van der Waals surface area contributed by atoms with Gasteiger partial charge in [0.05, 0.1) is 12.2 Å². The molecule has 92 valence electrons. The van der Waals surface area contributed by atoms with Crippen molar-refractivity contribution in [2.75, 3.05) is 6.54 Å². The molecule has 0 spiro atoms. The Labute approximate surface area is 107 Å². The maximum absolute atomic E-state index is 11.8. The summed E-state index contributed by atoms with van der Waals surface area (Å²) < 4.78 is 0. The molecule has 0 aromatic carbocycles. The molecule has 0 bridgehead atoms. The van der Waals surface area contributed by atoms with Gasteiger partial charge < -0.3 is 4.90 Å². The van der Waals surface area contributed by atoms with Crippen LogP contribution in [0.25, 0.3) is 0 Å². The number of carbonyl (C=O) groups is 1. The van der Waals surface area contributed by atoms with Crippen molar-refractivity contribution >= 4 is 17.5 Å². The van der Waals surface area contributed by atoms with Crippen molar-refractivity contribution in [2.24, 2.45) is 11.8 Å². The van der Waals surface area contributed by atoms with Gasteiger partial charge in [0.25, 0.3) is 0 Å². The van der Waals surface area contributed by atoms with Crippen LogP contribution in [-0.2, 0) is 11.3 Å². The van der Waals surface area contributed by atoms with Gasteiger partial charge in [-0.2, -0.15) is 0 Å². The van der Waals surface area contributed by atoms with Crippen molar-refractivity contribution < 1.29 is 4.79 Å². The highest BCUT2D eigenvalue weighted by Crippen LogP contribution is 2.25. The second-order valence-corrected chi connectivity index (χ2v) is 5.32. The van der Waals surface area contributed by atoms with E-state index >= 15 is 0 Å². The molecule has 2 rings (SSSR count). The first-order valence-electron chi connectivity index (χ1n) is 5.95. The van der Waals surface area contributed by atoms with Crippen LogP contribution in [0.1, 0.15) is 26.0 Å². The number of halogens is 1. The summed E-state index contributed by atoms with van der Waals surface area (Å²) in [6.07, 6.45) is 0.665. The minimum absolute atomic E-state index is 0.227. The van der Waals surface area contributed by atoms with E-state index in [9.17, 15) is 4.79 Å². The smallest absolute Gasteiger partial charge is 0.223 e. The maximum Gasteiger partial charge on any atom is 0.223 e. The lowest BCUT2D eigenvalue weighted by Crippen LogP contribution is -2.25. The number of hydrogen-bond donors (Lipinski definition) is 0. The van der Waals surface area contributed by atoms with Gasteiger partial charge in [0, 0.05) is 13.0 Å². The Morgan fingerprint density at radius 1 is 1.53 bits per heavy atom. The topological polar surface area (TPSA) is 33.2 Å². The summed E-state index contributed by atoms with van der Waals surface area (Å²) in [6, 6.07) is 5.51. The third-order valence-electron chi connectivity index (χ3n) is 3.31. The first-order valence-corrected chi connectivity index (χ1v) is 6.33. The van der Waals surface area contributed by atoms with E-state index < -0.39 is 0 Å². The number of rotatable bonds is 3. The van der Waals surface area contributed by atoms with E-state index in [4.69, 9.17) is 11.6 Å². The van der Waals surface area contributed by atoms with E-state index in [2.05, 4.69) is 18.8 Å². The van der Waals surface area contributed by atoms with Gasteiger partial charge in [-0.05, 0) is 24.0 Å². The van der Waals surface area contributed by atoms with E-state index in [0.29, 0.717) is 30.0 Å². The number of hydrogen-bond acceptors (Lipinski definition) is 2. The van der Waals surface area contributed by atoms with Crippen molar-refractivity contribution in [2.45, 2.75) is 26.8 Å². The van der Waals surface area contributed by atoms with Crippen molar-refractivity contribution in [1.29, 1.82) is 0 Å². The van der Waals surface area contributed by atoms with Crippen molar-refractivity contribution in [3.63, 3.8) is 0 Å². The minimum Gasteiger partial charge on any atom is -0.336 e. The first kappa shape index (κ1) is 12.4. The lowest BCUT2D eigenvalue weighted by molar-refractivity contribution is -0.128. The van der Waals surface area contributed by atoms with Gasteiger partial charge >= 0.3 is 0 Å². The van der Waals surface area contributed by atoms with Crippen molar-refractivity contribution in [1.82, 2.24) is 9.88 Å². The molecule has 1 fully saturated rings. The van der Waals surface area contributed by atoms with E-state index in [1.54, 1.807) is 6.07 Å². The van der Waals surface area contributed by atoms with Gasteiger partial charge in [0.15, 0.2) is 0 Å². The third-order valence-corrected chi connectivity index (χ3v) is 3.52. The van der Waals surface area contributed by atoms with Crippen LogP contribution in [0.15, 0.2) is 18.2 Å². The minimum atomic E-state index is 0.227. The second-order valence-electron chi connectivity index (χ2n) is 4.93. The molecule has 1 atom stereocenters. The Bertz CT molecular complexity index is 420. The number of amides is 1. The molecule has 3 nitrogen and oxygen atoms in total. The molecule has 0 aliphatic carbocycles. The van der Waals surface area contributed by atoms with Gasteiger partial charge in [-0.3, -0.25) is 4.79 Å². The molecule has 1 saturated heterocycles. The molecule has 0 saturated carbocycles. The molecular formula is C13H17ClN2O. The molecule has 0 N–H and O–H groups in total. The first-order chi connectivity index (χ1) is 8.06. The molecule has 4 heteroatoms. The molecule has 17 heavy (non-hydrogen) atoms. The molecule has 0 radical (unpaired) electrons. The van der Waals surface area contributed by atoms with Crippen molar-refractivity contribution in [3.8, 4) is 0 Å². The number of aromatic nitrogens is 1. The quantitative estimate of drug-likeness (QED) is 0.775. The normalized spacial score (nSPS) is 20.4. The number of carbonyl (C=O) groups excluding carboxylic acids is 1. The Kier molecular flexibility index (Phi) is 3.67. The van der Waals surface area contributed by atoms with Gasteiger partial charge in [-0.1, -0.05) is 31.5 Å². The number of likely N-dealkylation sites (tertiary alicyclic amines) is 1. The lowest BCUT2D eigenvalue weighted by Gasteiger charge is -2.17. The maximum atomic E-state index is 11.8. The zero-order valence-electron chi connectivity index (χ0n) is 10.2. The fourth-order valence-corrected chi connectivity index (χ4v) is 2.32. The summed E-state index contributed by atoms with van der Waals surface area (Å²) in [5.74, 6) is 1.25. The number of nitrogens with zero attached hydrogens (tertiary/aromatic N) is 2. The zero-order chi connectivity index (χ0) is 12.4. The zero-order valence-corrected chi connectivity index (χ0v) is 10.9. The fraction of sp³-hybridized carbons (Fsp3) is 0.538. The Balaban J connectivity index is 2.03. The van der Waals surface area contributed by atoms with E-state index in [1.807, 2.05) is 17.0 Å². The van der Waals surface area contributed by atoms with Gasteiger partial charge in [-0.25, -0.2) is 4.98 Å². The van der Waals surface area contributed by atoms with E-state index in [0.717, 1.165) is 12.2 Å². The molecule has 1 aromatic rings. The summed E-state index contributed by atoms with van der Waals surface area (Å²) in [7, 11) is 0. The predicted octanol–water partition coefficient (Wildman–Crippen LogP) is 2.74. The highest BCUT2D eigenvalue weighted by molar-refractivity contribution is 6.29. The van der Waals surface area contributed by atoms with Crippen LogP contribution in [0.3, 0.4) is 0 Å². The molecule has 1 aliphatic heterocycles. The Morgan fingerprint density at radius 3 is 2.88 bits per heavy atom. The van der Waals surface area contributed by atoms with Crippen LogP contribution in [0.4, 0.5) is 0 Å². The van der Waals surface area contributed by atoms with Gasteiger partial charge in [-0.15, -0.1) is 0 Å². The summed E-state index contributed by atoms with van der Waals surface area (Å²) >= 11 is 5.83. The van der Waals surface area contributed by atoms with Gasteiger partial charge in [0.2, 0.25) is 5.91 Å². The summed E-state index contributed by atoms with van der Waals surface area (Å²) in [5.41, 5.74) is 0.857. The third kappa shape index (κ3) is 2.97. The van der Waals surface area contributed by atoms with Crippen LogP contribution in [-0.4, -0.2) is 22.3 Å². The fourth-order valence-electron chi connectivity index (χ4n) is 2.14. The van der Waals surface area contributed by atoms with E-state index in [1.165, 1.54) is 0 Å². The molecule has 2 heterocycles. The molecule has 1 aromatic heterocycles. The van der Waals surface area contributed by atoms with Crippen molar-refractivity contribution in [3.05, 3.63) is 29.0 Å². The van der Waals surface area contributed by atoms with Crippen LogP contribution in [0.2, 0.25) is 5.15 Å². The summed E-state index contributed by atoms with van der Waals surface area (Å²) in [6.45, 7) is 5.74. The Hall–Kier alpha value is -1.09. The average molecular weight is 253 g/mol. The van der Waals surface area contributed by atoms with Gasteiger partial charge in [0.1, 0.15) is 5.15 Å². The Morgan fingerprint density at radius 2 is 2.29 bits per heavy atom. The highest BCUT2D eigenvalue weighted by Gasteiger charge is 2.31. The average Bonchev–Trinajstić information content (AvgIpc) is 2.61. The molecular weight excluding hydrogens is 236 g/mol.